The van der Waals surface area contributed by atoms with E-state index in [1.807, 2.05) is 0 Å². The van der Waals surface area contributed by atoms with Gasteiger partial charge >= 0.3 is 5.97 Å². The second-order valence-electron chi connectivity index (χ2n) is 6.81. The summed E-state index contributed by atoms with van der Waals surface area (Å²) in [7, 11) is -3.59. The quantitative estimate of drug-likeness (QED) is 0.702. The molecule has 30 heavy (non-hydrogen) atoms. The highest BCUT2D eigenvalue weighted by Gasteiger charge is 2.26. The number of hydrogen-bond donors (Lipinski definition) is 1. The molecule has 0 radical (unpaired) electrons. The van der Waals surface area contributed by atoms with Crippen LogP contribution in [0.4, 0.5) is 0 Å². The highest BCUT2D eigenvalue weighted by Crippen LogP contribution is 2.21. The molecule has 2 aromatic carbocycles. The van der Waals surface area contributed by atoms with Gasteiger partial charge in [-0.05, 0) is 49.2 Å². The van der Waals surface area contributed by atoms with Gasteiger partial charge in [-0.1, -0.05) is 24.6 Å². The molecule has 9 heteroatoms. The number of nitrogens with one attached hydrogen (secondary N) is 1. The van der Waals surface area contributed by atoms with E-state index in [4.69, 9.17) is 4.74 Å². The summed E-state index contributed by atoms with van der Waals surface area (Å²) in [5.41, 5.74) is 0.414. The zero-order chi connectivity index (χ0) is 21.6. The Bertz CT molecular complexity index is 1010. The summed E-state index contributed by atoms with van der Waals surface area (Å²) in [6, 6.07) is 13.5. The van der Waals surface area contributed by atoms with Gasteiger partial charge in [-0.3, -0.25) is 14.9 Å². The zero-order valence-electron chi connectivity index (χ0n) is 16.2. The van der Waals surface area contributed by atoms with Crippen molar-refractivity contribution in [1.82, 2.24) is 9.62 Å². The number of esters is 1. The Morgan fingerprint density at radius 2 is 1.50 bits per heavy atom. The Labute approximate surface area is 174 Å². The third kappa shape index (κ3) is 5.31. The van der Waals surface area contributed by atoms with Crippen LogP contribution in [0.5, 0.6) is 0 Å². The van der Waals surface area contributed by atoms with E-state index in [2.05, 4.69) is 5.32 Å². The van der Waals surface area contributed by atoms with E-state index in [0.717, 1.165) is 19.3 Å². The van der Waals surface area contributed by atoms with E-state index in [1.54, 1.807) is 30.3 Å². The number of hydrogen-bond acceptors (Lipinski definition) is 6. The van der Waals surface area contributed by atoms with Gasteiger partial charge in [0.1, 0.15) is 0 Å². The van der Waals surface area contributed by atoms with Gasteiger partial charge in [0.25, 0.3) is 11.8 Å². The van der Waals surface area contributed by atoms with Gasteiger partial charge in [0.05, 0.1) is 10.5 Å². The van der Waals surface area contributed by atoms with Crippen molar-refractivity contribution in [2.75, 3.05) is 19.7 Å². The van der Waals surface area contributed by atoms with Gasteiger partial charge in [-0.2, -0.15) is 4.31 Å². The number of imide groups is 1. The van der Waals surface area contributed by atoms with Crippen LogP contribution in [0.25, 0.3) is 0 Å². The Hall–Kier alpha value is -3.04. The van der Waals surface area contributed by atoms with E-state index in [9.17, 15) is 22.8 Å². The van der Waals surface area contributed by atoms with Crippen LogP contribution >= 0.6 is 0 Å². The molecule has 0 aliphatic carbocycles. The third-order valence-corrected chi connectivity index (χ3v) is 6.58. The molecule has 1 heterocycles. The predicted molar refractivity (Wildman–Crippen MR) is 108 cm³/mol. The van der Waals surface area contributed by atoms with E-state index < -0.39 is 34.4 Å². The van der Waals surface area contributed by atoms with Crippen LogP contribution < -0.4 is 5.32 Å². The lowest BCUT2D eigenvalue weighted by molar-refractivity contribution is -0.123. The lowest BCUT2D eigenvalue weighted by Gasteiger charge is -2.25. The van der Waals surface area contributed by atoms with E-state index in [0.29, 0.717) is 18.7 Å². The minimum Gasteiger partial charge on any atom is -0.452 e. The molecule has 1 fully saturated rings. The van der Waals surface area contributed by atoms with Crippen molar-refractivity contribution in [2.45, 2.75) is 24.2 Å². The minimum absolute atomic E-state index is 0.104. The number of ether oxygens (including phenoxy) is 1. The molecule has 0 bridgehead atoms. The van der Waals surface area contributed by atoms with Crippen LogP contribution in [0, 0.1) is 0 Å². The van der Waals surface area contributed by atoms with Crippen molar-refractivity contribution >= 4 is 27.8 Å². The van der Waals surface area contributed by atoms with Crippen molar-refractivity contribution in [3.05, 3.63) is 65.7 Å². The van der Waals surface area contributed by atoms with Gasteiger partial charge in [-0.25, -0.2) is 13.2 Å². The number of sulfonamides is 1. The number of carbonyl (C=O) groups excluding carboxylic acids is 3. The van der Waals surface area contributed by atoms with Crippen molar-refractivity contribution in [1.29, 1.82) is 0 Å². The number of rotatable bonds is 6. The molecule has 0 aromatic heterocycles. The summed E-state index contributed by atoms with van der Waals surface area (Å²) >= 11 is 0. The van der Waals surface area contributed by atoms with Crippen LogP contribution in [-0.4, -0.2) is 50.2 Å². The molecule has 1 aliphatic heterocycles. The highest BCUT2D eigenvalue weighted by molar-refractivity contribution is 7.89. The number of nitrogens with zero attached hydrogens (tertiary/aromatic N) is 1. The molecular weight excluding hydrogens is 408 g/mol. The average molecular weight is 430 g/mol. The van der Waals surface area contributed by atoms with Gasteiger partial charge in [0, 0.05) is 18.7 Å². The topological polar surface area (TPSA) is 110 Å². The van der Waals surface area contributed by atoms with Gasteiger partial charge in [0.2, 0.25) is 10.0 Å². The lowest BCUT2D eigenvalue weighted by Crippen LogP contribution is -2.35. The van der Waals surface area contributed by atoms with Gasteiger partial charge in [-0.15, -0.1) is 0 Å². The Kier molecular flexibility index (Phi) is 6.96. The molecule has 2 aromatic rings. The van der Waals surface area contributed by atoms with Crippen molar-refractivity contribution in [3.63, 3.8) is 0 Å². The number of piperidine rings is 1. The third-order valence-electron chi connectivity index (χ3n) is 4.67. The number of benzene rings is 2. The molecule has 1 aliphatic rings. The summed E-state index contributed by atoms with van der Waals surface area (Å²) < 4.78 is 31.6. The van der Waals surface area contributed by atoms with Crippen LogP contribution in [-0.2, 0) is 19.6 Å². The summed E-state index contributed by atoms with van der Waals surface area (Å²) in [5.74, 6) is -2.15. The highest BCUT2D eigenvalue weighted by atomic mass is 32.2. The van der Waals surface area contributed by atoms with Crippen LogP contribution in [0.2, 0.25) is 0 Å². The fourth-order valence-electron chi connectivity index (χ4n) is 3.06. The molecule has 8 nitrogen and oxygen atoms in total. The maximum absolute atomic E-state index is 12.6. The van der Waals surface area contributed by atoms with E-state index >= 15 is 0 Å². The lowest BCUT2D eigenvalue weighted by atomic mass is 10.2. The number of amides is 2. The molecule has 0 unspecified atom stereocenters. The van der Waals surface area contributed by atoms with Gasteiger partial charge < -0.3 is 4.74 Å². The molecular formula is C21H22N2O6S. The Morgan fingerprint density at radius 1 is 0.867 bits per heavy atom. The molecule has 1 N–H and O–H groups in total. The van der Waals surface area contributed by atoms with Crippen molar-refractivity contribution in [2.24, 2.45) is 0 Å². The van der Waals surface area contributed by atoms with Gasteiger partial charge in [0.15, 0.2) is 6.61 Å². The fraction of sp³-hybridized carbons (Fsp3) is 0.286. The summed E-state index contributed by atoms with van der Waals surface area (Å²) in [6.07, 6.45) is 2.68. The first-order valence-corrected chi connectivity index (χ1v) is 11.0. The van der Waals surface area contributed by atoms with Crippen molar-refractivity contribution in [3.8, 4) is 0 Å². The molecule has 1 saturated heterocycles. The number of carbonyl (C=O) groups is 3. The smallest absolute Gasteiger partial charge is 0.338 e. The normalized spacial score (nSPS) is 14.7. The fourth-order valence-corrected chi connectivity index (χ4v) is 4.57. The molecule has 0 saturated carbocycles. The molecule has 3 rings (SSSR count). The standard InChI is InChI=1S/C21H22N2O6S/c24-19(22-20(25)16-7-3-1-4-8-16)15-29-21(26)17-9-11-18(12-10-17)30(27,28)23-13-5-2-6-14-23/h1,3-4,7-12H,2,5-6,13-15H2,(H,22,24,25). The second kappa shape index (κ2) is 9.64. The largest absolute Gasteiger partial charge is 0.452 e. The van der Waals surface area contributed by atoms with Crippen molar-refractivity contribution < 1.29 is 27.5 Å². The Morgan fingerprint density at radius 3 is 2.13 bits per heavy atom. The summed E-state index contributed by atoms with van der Waals surface area (Å²) in [6.45, 7) is 0.344. The predicted octanol–water partition coefficient (Wildman–Crippen LogP) is 1.97. The Balaban J connectivity index is 1.54. The maximum atomic E-state index is 12.6. The molecule has 0 atom stereocenters. The molecule has 2 amide bonds. The summed E-state index contributed by atoms with van der Waals surface area (Å²) in [5, 5.41) is 2.13. The molecule has 158 valence electrons. The first-order valence-electron chi connectivity index (χ1n) is 9.54. The molecule has 0 spiro atoms. The van der Waals surface area contributed by atoms with E-state index in [1.165, 1.54) is 28.6 Å². The zero-order valence-corrected chi connectivity index (χ0v) is 17.1. The van der Waals surface area contributed by atoms with Crippen LogP contribution in [0.15, 0.2) is 59.5 Å². The average Bonchev–Trinajstić information content (AvgIpc) is 2.78. The van der Waals surface area contributed by atoms with E-state index in [-0.39, 0.29) is 10.5 Å². The van der Waals surface area contributed by atoms with Crippen LogP contribution in [0.3, 0.4) is 0 Å². The maximum Gasteiger partial charge on any atom is 0.338 e. The van der Waals surface area contributed by atoms with Crippen LogP contribution in [0.1, 0.15) is 40.0 Å². The second-order valence-corrected chi connectivity index (χ2v) is 8.75. The minimum atomic E-state index is -3.59. The monoisotopic (exact) mass is 430 g/mol. The summed E-state index contributed by atoms with van der Waals surface area (Å²) in [4.78, 5) is 36.0. The SMILES string of the molecule is O=C(COC(=O)c1ccc(S(=O)(=O)N2CCCCC2)cc1)NC(=O)c1ccccc1. The first-order chi connectivity index (χ1) is 14.4. The first kappa shape index (κ1) is 21.7.